The second kappa shape index (κ2) is 10.8. The number of hydrogen-bond donors (Lipinski definition) is 2. The van der Waals surface area contributed by atoms with E-state index in [9.17, 15) is 9.59 Å². The Balaban J connectivity index is 1.66. The van der Waals surface area contributed by atoms with E-state index in [1.165, 1.54) is 0 Å². The number of hydrogen-bond acceptors (Lipinski definition) is 4. The minimum atomic E-state index is -0.186. The monoisotopic (exact) mass is 488 g/mol. The van der Waals surface area contributed by atoms with Crippen LogP contribution in [0.4, 0.5) is 17.1 Å². The minimum absolute atomic E-state index is 0.00875. The van der Waals surface area contributed by atoms with E-state index in [-0.39, 0.29) is 11.8 Å². The van der Waals surface area contributed by atoms with Gasteiger partial charge in [0, 0.05) is 35.4 Å². The zero-order valence-electron chi connectivity index (χ0n) is 20.1. The fraction of sp³-hybridized carbons (Fsp3) is 0.214. The summed E-state index contributed by atoms with van der Waals surface area (Å²) in [4.78, 5) is 29.2. The van der Waals surface area contributed by atoms with Crippen LogP contribution in [0.3, 0.4) is 0 Å². The normalized spacial score (nSPS) is 13.9. The van der Waals surface area contributed by atoms with Crippen molar-refractivity contribution in [2.24, 2.45) is 0 Å². The topological polar surface area (TPSA) is 64.7 Å². The molecular formula is C28H29ClN4O2. The number of amides is 2. The molecule has 0 spiro atoms. The second-order valence-electron chi connectivity index (χ2n) is 8.76. The average molecular weight is 489 g/mol. The molecule has 3 aromatic rings. The summed E-state index contributed by atoms with van der Waals surface area (Å²) in [6.07, 6.45) is 0.884. The van der Waals surface area contributed by atoms with Gasteiger partial charge < -0.3 is 20.4 Å². The average Bonchev–Trinajstić information content (AvgIpc) is 3.15. The van der Waals surface area contributed by atoms with E-state index in [0.717, 1.165) is 35.5 Å². The Bertz CT molecular complexity index is 1250. The van der Waals surface area contributed by atoms with Crippen molar-refractivity contribution in [2.75, 3.05) is 42.7 Å². The fourth-order valence-corrected chi connectivity index (χ4v) is 4.33. The van der Waals surface area contributed by atoms with Gasteiger partial charge in [0.25, 0.3) is 5.91 Å². The van der Waals surface area contributed by atoms with Crippen LogP contribution in [0.1, 0.15) is 24.5 Å². The van der Waals surface area contributed by atoms with E-state index < -0.39 is 0 Å². The van der Waals surface area contributed by atoms with Crippen LogP contribution in [0, 0.1) is 0 Å². The lowest BCUT2D eigenvalue weighted by molar-refractivity contribution is -0.116. The van der Waals surface area contributed by atoms with Crippen molar-refractivity contribution in [1.82, 2.24) is 4.90 Å². The first-order valence-corrected chi connectivity index (χ1v) is 11.9. The molecule has 180 valence electrons. The maximum atomic E-state index is 13.0. The van der Waals surface area contributed by atoms with Gasteiger partial charge in [0.1, 0.15) is 0 Å². The lowest BCUT2D eigenvalue weighted by Gasteiger charge is -2.23. The standard InChI is InChI=1S/C28H29ClN4O2/c1-19(34)33(17-7-16-32(2)3)23-13-11-22(12-14-23)30-27(20-8-5-4-6-9-20)26-24-15-10-21(29)18-25(24)31-28(26)35/h4-6,8-15,18,30H,7,16-17H2,1-3H3,(H,31,35). The number of carbonyl (C=O) groups excluding carboxylic acids is 2. The molecule has 3 aromatic carbocycles. The zero-order valence-corrected chi connectivity index (χ0v) is 20.9. The van der Waals surface area contributed by atoms with Crippen LogP contribution in [-0.2, 0) is 9.59 Å². The number of halogens is 1. The Morgan fingerprint density at radius 1 is 0.971 bits per heavy atom. The molecule has 0 fully saturated rings. The highest BCUT2D eigenvalue weighted by Gasteiger charge is 2.28. The third kappa shape index (κ3) is 5.73. The quantitative estimate of drug-likeness (QED) is 0.406. The first kappa shape index (κ1) is 24.5. The maximum absolute atomic E-state index is 13.0. The molecule has 0 unspecified atom stereocenters. The molecule has 0 aromatic heterocycles. The van der Waals surface area contributed by atoms with Gasteiger partial charge in [-0.2, -0.15) is 0 Å². The van der Waals surface area contributed by atoms with Crippen LogP contribution in [-0.4, -0.2) is 43.9 Å². The molecular weight excluding hydrogens is 460 g/mol. The molecule has 0 saturated heterocycles. The third-order valence-corrected chi connectivity index (χ3v) is 6.09. The molecule has 2 amide bonds. The van der Waals surface area contributed by atoms with Crippen molar-refractivity contribution in [3.05, 3.63) is 88.9 Å². The molecule has 1 aliphatic rings. The van der Waals surface area contributed by atoms with Crippen LogP contribution >= 0.6 is 11.6 Å². The van der Waals surface area contributed by atoms with Crippen LogP contribution in [0.25, 0.3) is 11.3 Å². The summed E-state index contributed by atoms with van der Waals surface area (Å²) < 4.78 is 0. The molecule has 35 heavy (non-hydrogen) atoms. The molecule has 2 N–H and O–H groups in total. The molecule has 1 aliphatic heterocycles. The predicted molar refractivity (Wildman–Crippen MR) is 145 cm³/mol. The summed E-state index contributed by atoms with van der Waals surface area (Å²) in [5, 5.41) is 6.94. The summed E-state index contributed by atoms with van der Waals surface area (Å²) in [5.74, 6) is -0.177. The number of anilines is 3. The number of nitrogens with one attached hydrogen (secondary N) is 2. The maximum Gasteiger partial charge on any atom is 0.258 e. The van der Waals surface area contributed by atoms with Gasteiger partial charge in [-0.05, 0) is 69.0 Å². The lowest BCUT2D eigenvalue weighted by Crippen LogP contribution is -2.31. The van der Waals surface area contributed by atoms with Gasteiger partial charge in [-0.25, -0.2) is 0 Å². The number of nitrogens with zero attached hydrogens (tertiary/aromatic N) is 2. The van der Waals surface area contributed by atoms with E-state index in [4.69, 9.17) is 11.6 Å². The summed E-state index contributed by atoms with van der Waals surface area (Å²) in [5.41, 5.74) is 5.29. The Kier molecular flexibility index (Phi) is 7.54. The second-order valence-corrected chi connectivity index (χ2v) is 9.20. The Morgan fingerprint density at radius 2 is 1.69 bits per heavy atom. The minimum Gasteiger partial charge on any atom is -0.354 e. The molecule has 0 atom stereocenters. The first-order chi connectivity index (χ1) is 16.8. The molecule has 1 heterocycles. The fourth-order valence-electron chi connectivity index (χ4n) is 4.16. The third-order valence-electron chi connectivity index (χ3n) is 5.85. The van der Waals surface area contributed by atoms with E-state index in [2.05, 4.69) is 15.5 Å². The smallest absolute Gasteiger partial charge is 0.258 e. The Labute approximate surface area is 211 Å². The largest absolute Gasteiger partial charge is 0.354 e. The highest BCUT2D eigenvalue weighted by molar-refractivity contribution is 6.38. The van der Waals surface area contributed by atoms with E-state index in [0.29, 0.717) is 28.5 Å². The Morgan fingerprint density at radius 3 is 2.34 bits per heavy atom. The van der Waals surface area contributed by atoms with Crippen LogP contribution in [0.2, 0.25) is 5.02 Å². The SMILES string of the molecule is CC(=O)N(CCCN(C)C)c1ccc(NC(=C2C(=O)Nc3cc(Cl)ccc32)c2ccccc2)cc1. The molecule has 6 nitrogen and oxygen atoms in total. The van der Waals surface area contributed by atoms with Crippen LogP contribution in [0.15, 0.2) is 72.8 Å². The van der Waals surface area contributed by atoms with Crippen molar-refractivity contribution in [3.63, 3.8) is 0 Å². The number of benzene rings is 3. The van der Waals surface area contributed by atoms with Crippen molar-refractivity contribution in [1.29, 1.82) is 0 Å². The van der Waals surface area contributed by atoms with Gasteiger partial charge in [0.05, 0.1) is 17.0 Å². The van der Waals surface area contributed by atoms with Crippen molar-refractivity contribution >= 4 is 51.7 Å². The molecule has 0 radical (unpaired) electrons. The van der Waals surface area contributed by atoms with E-state index in [1.54, 1.807) is 24.0 Å². The number of carbonyl (C=O) groups is 2. The first-order valence-electron chi connectivity index (χ1n) is 11.5. The van der Waals surface area contributed by atoms with Crippen molar-refractivity contribution in [2.45, 2.75) is 13.3 Å². The van der Waals surface area contributed by atoms with E-state index in [1.807, 2.05) is 74.8 Å². The van der Waals surface area contributed by atoms with Gasteiger partial charge in [-0.3, -0.25) is 9.59 Å². The van der Waals surface area contributed by atoms with Gasteiger partial charge in [0.2, 0.25) is 5.91 Å². The zero-order chi connectivity index (χ0) is 24.9. The van der Waals surface area contributed by atoms with Gasteiger partial charge in [-0.15, -0.1) is 0 Å². The van der Waals surface area contributed by atoms with Crippen molar-refractivity contribution in [3.8, 4) is 0 Å². The molecule has 4 rings (SSSR count). The predicted octanol–water partition coefficient (Wildman–Crippen LogP) is 5.58. The highest BCUT2D eigenvalue weighted by Crippen LogP contribution is 2.38. The number of fused-ring (bicyclic) bond motifs is 1. The van der Waals surface area contributed by atoms with Crippen molar-refractivity contribution < 1.29 is 9.59 Å². The summed E-state index contributed by atoms with van der Waals surface area (Å²) in [6, 6.07) is 22.9. The number of rotatable bonds is 8. The van der Waals surface area contributed by atoms with Crippen LogP contribution in [0.5, 0.6) is 0 Å². The summed E-state index contributed by atoms with van der Waals surface area (Å²) in [6.45, 7) is 3.15. The van der Waals surface area contributed by atoms with E-state index >= 15 is 0 Å². The summed E-state index contributed by atoms with van der Waals surface area (Å²) >= 11 is 6.14. The summed E-state index contributed by atoms with van der Waals surface area (Å²) in [7, 11) is 4.05. The lowest BCUT2D eigenvalue weighted by atomic mass is 10.00. The molecule has 0 aliphatic carbocycles. The molecule has 0 bridgehead atoms. The van der Waals surface area contributed by atoms with Crippen LogP contribution < -0.4 is 15.5 Å². The Hall–Kier alpha value is -3.61. The van der Waals surface area contributed by atoms with Gasteiger partial charge >= 0.3 is 0 Å². The van der Waals surface area contributed by atoms with Gasteiger partial charge in [0.15, 0.2) is 0 Å². The molecule has 0 saturated carbocycles. The van der Waals surface area contributed by atoms with Gasteiger partial charge in [-0.1, -0.05) is 48.0 Å². The highest BCUT2D eigenvalue weighted by atomic mass is 35.5. The molecule has 7 heteroatoms.